The second-order valence-electron chi connectivity index (χ2n) is 6.68. The highest BCUT2D eigenvalue weighted by atomic mass is 19.1. The molecule has 0 bridgehead atoms. The highest BCUT2D eigenvalue weighted by molar-refractivity contribution is 6.08. The lowest BCUT2D eigenvalue weighted by Gasteiger charge is -2.27. The number of pyridine rings is 1. The molecule has 1 atom stereocenters. The average Bonchev–Trinajstić information content (AvgIpc) is 3.42. The van der Waals surface area contributed by atoms with Crippen LogP contribution in [0.4, 0.5) is 9.18 Å². The van der Waals surface area contributed by atoms with Crippen molar-refractivity contribution in [2.45, 2.75) is 37.3 Å². The Morgan fingerprint density at radius 2 is 1.96 bits per heavy atom. The first kappa shape index (κ1) is 14.6. The number of amides is 3. The first-order valence-corrected chi connectivity index (χ1v) is 7.96. The second-order valence-corrected chi connectivity index (χ2v) is 6.68. The van der Waals surface area contributed by atoms with Crippen LogP contribution in [0.1, 0.15) is 37.5 Å². The molecule has 122 valence electrons. The summed E-state index contributed by atoms with van der Waals surface area (Å²) >= 11 is 0. The minimum Gasteiger partial charge on any atom is -0.385 e. The lowest BCUT2D eigenvalue weighted by Crippen LogP contribution is -2.51. The number of aliphatic hydroxyl groups is 1. The third kappa shape index (κ3) is 2.30. The summed E-state index contributed by atoms with van der Waals surface area (Å²) in [6, 6.07) is 2.10. The molecule has 2 heterocycles. The van der Waals surface area contributed by atoms with Gasteiger partial charge in [-0.2, -0.15) is 0 Å². The van der Waals surface area contributed by atoms with Crippen LogP contribution in [-0.2, 0) is 4.79 Å². The molecule has 7 heteroatoms. The molecule has 0 radical (unpaired) electrons. The van der Waals surface area contributed by atoms with E-state index in [0.717, 1.165) is 36.8 Å². The Morgan fingerprint density at radius 1 is 1.30 bits per heavy atom. The number of halogens is 1. The van der Waals surface area contributed by atoms with E-state index in [-0.39, 0.29) is 30.0 Å². The topological polar surface area (TPSA) is 82.5 Å². The van der Waals surface area contributed by atoms with Crippen molar-refractivity contribution in [2.75, 3.05) is 6.54 Å². The third-order valence-corrected chi connectivity index (χ3v) is 5.05. The van der Waals surface area contributed by atoms with Crippen molar-refractivity contribution in [3.05, 3.63) is 29.8 Å². The van der Waals surface area contributed by atoms with Crippen LogP contribution in [0, 0.1) is 17.7 Å². The fourth-order valence-electron chi connectivity index (χ4n) is 3.59. The summed E-state index contributed by atoms with van der Waals surface area (Å²) in [5.41, 5.74) is -0.519. The fourth-order valence-corrected chi connectivity index (χ4v) is 3.59. The molecular formula is C16H18FN3O3. The zero-order valence-corrected chi connectivity index (χ0v) is 12.5. The molecule has 4 rings (SSSR count). The van der Waals surface area contributed by atoms with Crippen LogP contribution in [0.3, 0.4) is 0 Å². The Balaban J connectivity index is 1.53. The summed E-state index contributed by atoms with van der Waals surface area (Å²) in [5.74, 6) is -0.291. The minimum absolute atomic E-state index is 0.162. The van der Waals surface area contributed by atoms with Crippen molar-refractivity contribution >= 4 is 11.9 Å². The molecule has 6 nitrogen and oxygen atoms in total. The van der Waals surface area contributed by atoms with Gasteiger partial charge in [-0.1, -0.05) is 0 Å². The van der Waals surface area contributed by atoms with Crippen molar-refractivity contribution in [3.8, 4) is 0 Å². The maximum absolute atomic E-state index is 12.9. The SMILES string of the molecule is O=C1NC(C2CC2)(C2CC2)C(=O)N1CC(O)c1ccc(F)cn1. The molecule has 0 spiro atoms. The van der Waals surface area contributed by atoms with Crippen molar-refractivity contribution in [3.63, 3.8) is 0 Å². The van der Waals surface area contributed by atoms with Crippen molar-refractivity contribution in [1.29, 1.82) is 0 Å². The fraction of sp³-hybridized carbons (Fsp3) is 0.562. The number of rotatable bonds is 5. The smallest absolute Gasteiger partial charge is 0.325 e. The standard InChI is InChI=1S/C16H18FN3O3/c17-11-5-6-12(18-7-11)13(21)8-20-14(22)16(9-1-2-9,10-3-4-10)19-15(20)23/h5-7,9-10,13,21H,1-4,8H2,(H,19,23). The lowest BCUT2D eigenvalue weighted by molar-refractivity contribution is -0.133. The Morgan fingerprint density at radius 3 is 2.48 bits per heavy atom. The molecule has 1 unspecified atom stereocenters. The van der Waals surface area contributed by atoms with E-state index in [4.69, 9.17) is 0 Å². The van der Waals surface area contributed by atoms with Crippen LogP contribution in [0.2, 0.25) is 0 Å². The van der Waals surface area contributed by atoms with Gasteiger partial charge in [-0.3, -0.25) is 14.7 Å². The van der Waals surface area contributed by atoms with Crippen LogP contribution in [-0.4, -0.2) is 39.0 Å². The third-order valence-electron chi connectivity index (χ3n) is 5.05. The predicted octanol–water partition coefficient (Wildman–Crippen LogP) is 1.36. The van der Waals surface area contributed by atoms with Gasteiger partial charge in [-0.15, -0.1) is 0 Å². The van der Waals surface area contributed by atoms with Crippen LogP contribution < -0.4 is 5.32 Å². The van der Waals surface area contributed by atoms with E-state index in [0.29, 0.717) is 0 Å². The van der Waals surface area contributed by atoms with Crippen LogP contribution in [0.25, 0.3) is 0 Å². The number of hydrogen-bond acceptors (Lipinski definition) is 4. The zero-order chi connectivity index (χ0) is 16.2. The number of hydrogen-bond donors (Lipinski definition) is 2. The molecular weight excluding hydrogens is 301 g/mol. The molecule has 1 aliphatic heterocycles. The van der Waals surface area contributed by atoms with Crippen molar-refractivity contribution in [2.24, 2.45) is 11.8 Å². The second kappa shape index (κ2) is 4.99. The number of nitrogens with zero attached hydrogens (tertiary/aromatic N) is 2. The van der Waals surface area contributed by atoms with E-state index in [2.05, 4.69) is 10.3 Å². The van der Waals surface area contributed by atoms with Gasteiger partial charge >= 0.3 is 6.03 Å². The molecule has 0 aromatic carbocycles. The molecule has 23 heavy (non-hydrogen) atoms. The lowest BCUT2D eigenvalue weighted by atomic mass is 9.87. The number of carbonyl (C=O) groups excluding carboxylic acids is 2. The number of nitrogens with one attached hydrogen (secondary N) is 1. The summed E-state index contributed by atoms with van der Waals surface area (Å²) in [7, 11) is 0. The van der Waals surface area contributed by atoms with Crippen LogP contribution in [0.15, 0.2) is 18.3 Å². The molecule has 2 saturated carbocycles. The number of carbonyl (C=O) groups is 2. The number of aromatic nitrogens is 1. The summed E-state index contributed by atoms with van der Waals surface area (Å²) in [6.07, 6.45) is 3.70. The van der Waals surface area contributed by atoms with Gasteiger partial charge in [0.2, 0.25) is 0 Å². The molecule has 1 saturated heterocycles. The highest BCUT2D eigenvalue weighted by Crippen LogP contribution is 2.54. The quantitative estimate of drug-likeness (QED) is 0.803. The van der Waals surface area contributed by atoms with Crippen LogP contribution >= 0.6 is 0 Å². The van der Waals surface area contributed by atoms with E-state index in [1.807, 2.05) is 0 Å². The van der Waals surface area contributed by atoms with Crippen LogP contribution in [0.5, 0.6) is 0 Å². The Bertz CT molecular complexity index is 643. The predicted molar refractivity (Wildman–Crippen MR) is 77.6 cm³/mol. The van der Waals surface area contributed by atoms with Gasteiger partial charge in [0, 0.05) is 0 Å². The Hall–Kier alpha value is -2.02. The number of urea groups is 1. The molecule has 1 aromatic rings. The molecule has 2 N–H and O–H groups in total. The summed E-state index contributed by atoms with van der Waals surface area (Å²) < 4.78 is 12.9. The van der Waals surface area contributed by atoms with E-state index < -0.39 is 23.5 Å². The zero-order valence-electron chi connectivity index (χ0n) is 12.5. The Labute approximate surface area is 132 Å². The summed E-state index contributed by atoms with van der Waals surface area (Å²) in [5, 5.41) is 13.1. The molecule has 3 fully saturated rings. The van der Waals surface area contributed by atoms with Gasteiger partial charge in [0.1, 0.15) is 17.5 Å². The summed E-state index contributed by atoms with van der Waals surface area (Å²) in [4.78, 5) is 30.1. The highest BCUT2D eigenvalue weighted by Gasteiger charge is 2.65. The van der Waals surface area contributed by atoms with Gasteiger partial charge in [-0.25, -0.2) is 9.18 Å². The van der Waals surface area contributed by atoms with E-state index >= 15 is 0 Å². The monoisotopic (exact) mass is 319 g/mol. The van der Waals surface area contributed by atoms with Crippen molar-refractivity contribution < 1.29 is 19.1 Å². The number of imide groups is 1. The van der Waals surface area contributed by atoms with Crippen molar-refractivity contribution in [1.82, 2.24) is 15.2 Å². The Kier molecular flexibility index (Phi) is 3.16. The first-order valence-electron chi connectivity index (χ1n) is 7.96. The van der Waals surface area contributed by atoms with Gasteiger partial charge in [0.15, 0.2) is 0 Å². The van der Waals surface area contributed by atoms with E-state index in [1.54, 1.807) is 0 Å². The molecule has 2 aliphatic carbocycles. The molecule has 3 aliphatic rings. The average molecular weight is 319 g/mol. The first-order chi connectivity index (χ1) is 11.0. The van der Waals surface area contributed by atoms with Gasteiger partial charge in [-0.05, 0) is 49.7 Å². The molecule has 3 amide bonds. The normalized spacial score (nSPS) is 24.7. The maximum Gasteiger partial charge on any atom is 0.325 e. The van der Waals surface area contributed by atoms with Gasteiger partial charge in [0.05, 0.1) is 18.4 Å². The largest absolute Gasteiger partial charge is 0.385 e. The maximum atomic E-state index is 12.9. The molecule has 1 aromatic heterocycles. The van der Waals surface area contributed by atoms with E-state index in [1.165, 1.54) is 12.1 Å². The summed E-state index contributed by atoms with van der Waals surface area (Å²) in [6.45, 7) is -0.162. The number of β-amino-alcohol motifs (C(OH)–C–C–N with tert-alkyl or cyclic N) is 1. The minimum atomic E-state index is -1.13. The number of aliphatic hydroxyl groups excluding tert-OH is 1. The van der Waals surface area contributed by atoms with Gasteiger partial charge in [0.25, 0.3) is 5.91 Å². The van der Waals surface area contributed by atoms with E-state index in [9.17, 15) is 19.1 Å². The van der Waals surface area contributed by atoms with Gasteiger partial charge < -0.3 is 10.4 Å².